The number of nitrogens with zero attached hydrogens (tertiary/aromatic N) is 1. The number of carboxylic acids is 1. The third-order valence-corrected chi connectivity index (χ3v) is 4.58. The molecule has 0 heterocycles. The Labute approximate surface area is 120 Å². The second-order valence-corrected chi connectivity index (χ2v) is 6.69. The molecule has 1 rings (SSSR count). The third-order valence-electron chi connectivity index (χ3n) is 2.41. The second kappa shape index (κ2) is 6.36. The van der Waals surface area contributed by atoms with Gasteiger partial charge in [0.15, 0.2) is 0 Å². The van der Waals surface area contributed by atoms with Crippen LogP contribution in [0.25, 0.3) is 0 Å². The molecule has 0 amide bonds. The Kier molecular flexibility index (Phi) is 5.33. The predicted octanol–water partition coefficient (Wildman–Crippen LogP) is 1.82. The molecule has 0 atom stereocenters. The fourth-order valence-corrected chi connectivity index (χ4v) is 2.72. The molecule has 0 spiro atoms. The maximum Gasteiger partial charge on any atom is 0.304 e. The Bertz CT molecular complexity index is 574. The van der Waals surface area contributed by atoms with Gasteiger partial charge in [-0.15, -0.1) is 0 Å². The molecule has 8 heteroatoms. The van der Waals surface area contributed by atoms with E-state index in [1.165, 1.54) is 7.05 Å². The third kappa shape index (κ3) is 4.81. The fraction of sp³-hybridized carbons (Fsp3) is 0.364. The van der Waals surface area contributed by atoms with E-state index in [1.54, 1.807) is 12.1 Å². The number of carboxylic acid groups (broad SMARTS) is 1. The first-order valence-corrected chi connectivity index (χ1v) is 7.67. The number of rotatable bonds is 6. The fourth-order valence-electron chi connectivity index (χ4n) is 1.31. The molecule has 0 aliphatic carbocycles. The van der Waals surface area contributed by atoms with E-state index in [9.17, 15) is 13.2 Å². The average molecular weight is 351 g/mol. The standard InChI is InChI=1S/C11H15BrN2O4S/c1-8-3-4-9(12)10(7-8)13-19(17,18)14(2)6-5-11(15)16/h3-4,7,13H,5-6H2,1-2H3,(H,15,16). The van der Waals surface area contributed by atoms with Gasteiger partial charge in [0, 0.05) is 18.1 Å². The van der Waals surface area contributed by atoms with Crippen molar-refractivity contribution >= 4 is 37.8 Å². The number of aryl methyl sites for hydroxylation is 1. The molecule has 0 radical (unpaired) electrons. The molecule has 0 aromatic heterocycles. The molecule has 0 saturated heterocycles. The minimum absolute atomic E-state index is 0.0892. The van der Waals surface area contributed by atoms with Gasteiger partial charge in [-0.2, -0.15) is 12.7 Å². The lowest BCUT2D eigenvalue weighted by Crippen LogP contribution is -2.34. The maximum absolute atomic E-state index is 12.0. The summed E-state index contributed by atoms with van der Waals surface area (Å²) in [5.41, 5.74) is 1.33. The summed E-state index contributed by atoms with van der Waals surface area (Å²) in [7, 11) is -2.43. The zero-order valence-corrected chi connectivity index (χ0v) is 13.0. The summed E-state index contributed by atoms with van der Waals surface area (Å²) in [5.74, 6) is -1.04. The molecule has 19 heavy (non-hydrogen) atoms. The number of anilines is 1. The molecule has 0 saturated carbocycles. The van der Waals surface area contributed by atoms with Crippen LogP contribution in [0.2, 0.25) is 0 Å². The number of halogens is 1. The van der Waals surface area contributed by atoms with Gasteiger partial charge < -0.3 is 5.11 Å². The minimum atomic E-state index is -3.76. The minimum Gasteiger partial charge on any atom is -0.481 e. The zero-order valence-electron chi connectivity index (χ0n) is 10.6. The van der Waals surface area contributed by atoms with Crippen LogP contribution in [-0.2, 0) is 15.0 Å². The summed E-state index contributed by atoms with van der Waals surface area (Å²) in [6, 6.07) is 5.27. The van der Waals surface area contributed by atoms with Crippen molar-refractivity contribution < 1.29 is 18.3 Å². The highest BCUT2D eigenvalue weighted by atomic mass is 79.9. The number of hydrogen-bond acceptors (Lipinski definition) is 3. The van der Waals surface area contributed by atoms with Crippen LogP contribution in [0.15, 0.2) is 22.7 Å². The Morgan fingerprint density at radius 2 is 2.11 bits per heavy atom. The predicted molar refractivity (Wildman–Crippen MR) is 76.3 cm³/mol. The highest BCUT2D eigenvalue weighted by Crippen LogP contribution is 2.24. The van der Waals surface area contributed by atoms with Crippen LogP contribution in [0.1, 0.15) is 12.0 Å². The number of benzene rings is 1. The molecule has 1 aromatic rings. The molecule has 0 fully saturated rings. The van der Waals surface area contributed by atoms with Gasteiger partial charge >= 0.3 is 16.2 Å². The number of aliphatic carboxylic acids is 1. The van der Waals surface area contributed by atoms with Gasteiger partial charge in [-0.25, -0.2) is 0 Å². The van der Waals surface area contributed by atoms with E-state index < -0.39 is 16.2 Å². The van der Waals surface area contributed by atoms with Crippen LogP contribution < -0.4 is 4.72 Å². The summed E-state index contributed by atoms with van der Waals surface area (Å²) in [4.78, 5) is 10.4. The van der Waals surface area contributed by atoms with Crippen molar-refractivity contribution in [1.29, 1.82) is 0 Å². The summed E-state index contributed by atoms with van der Waals surface area (Å²) in [5, 5.41) is 8.55. The molecule has 0 aliphatic heterocycles. The molecule has 106 valence electrons. The number of hydrogen-bond donors (Lipinski definition) is 2. The van der Waals surface area contributed by atoms with Crippen molar-refractivity contribution in [3.05, 3.63) is 28.2 Å². The lowest BCUT2D eigenvalue weighted by atomic mass is 10.2. The van der Waals surface area contributed by atoms with Gasteiger partial charge in [-0.1, -0.05) is 6.07 Å². The van der Waals surface area contributed by atoms with Crippen molar-refractivity contribution in [2.45, 2.75) is 13.3 Å². The SMILES string of the molecule is Cc1ccc(Br)c(NS(=O)(=O)N(C)CCC(=O)O)c1. The van der Waals surface area contributed by atoms with Crippen LogP contribution in [-0.4, -0.2) is 37.4 Å². The van der Waals surface area contributed by atoms with Crippen LogP contribution in [0.5, 0.6) is 0 Å². The number of carbonyl (C=O) groups is 1. The Hall–Kier alpha value is -1.12. The first-order chi connectivity index (χ1) is 8.72. The van der Waals surface area contributed by atoms with Gasteiger partial charge in [-0.3, -0.25) is 9.52 Å². The summed E-state index contributed by atoms with van der Waals surface area (Å²) in [6.07, 6.45) is -0.244. The quantitative estimate of drug-likeness (QED) is 0.819. The molecule has 2 N–H and O–H groups in total. The highest BCUT2D eigenvalue weighted by molar-refractivity contribution is 9.10. The molecule has 0 bridgehead atoms. The Morgan fingerprint density at radius 3 is 2.68 bits per heavy atom. The number of nitrogens with one attached hydrogen (secondary N) is 1. The van der Waals surface area contributed by atoms with Gasteiger partial charge in [0.05, 0.1) is 12.1 Å². The molecule has 0 aliphatic rings. The monoisotopic (exact) mass is 350 g/mol. The van der Waals surface area contributed by atoms with E-state index in [1.807, 2.05) is 13.0 Å². The van der Waals surface area contributed by atoms with Crippen molar-refractivity contribution in [2.24, 2.45) is 0 Å². The largest absolute Gasteiger partial charge is 0.481 e. The van der Waals surface area contributed by atoms with E-state index in [0.717, 1.165) is 9.87 Å². The van der Waals surface area contributed by atoms with E-state index in [2.05, 4.69) is 20.7 Å². The zero-order chi connectivity index (χ0) is 14.6. The van der Waals surface area contributed by atoms with Crippen molar-refractivity contribution in [2.75, 3.05) is 18.3 Å². The smallest absolute Gasteiger partial charge is 0.304 e. The molecular weight excluding hydrogens is 336 g/mol. The normalized spacial score (nSPS) is 11.6. The van der Waals surface area contributed by atoms with Crippen molar-refractivity contribution in [3.63, 3.8) is 0 Å². The van der Waals surface area contributed by atoms with Gasteiger partial charge in [0.2, 0.25) is 0 Å². The van der Waals surface area contributed by atoms with Crippen LogP contribution in [0.3, 0.4) is 0 Å². The summed E-state index contributed by atoms with van der Waals surface area (Å²) in [6.45, 7) is 1.76. The van der Waals surface area contributed by atoms with E-state index in [0.29, 0.717) is 10.2 Å². The lowest BCUT2D eigenvalue weighted by Gasteiger charge is -2.18. The first-order valence-electron chi connectivity index (χ1n) is 5.44. The first kappa shape index (κ1) is 15.9. The Balaban J connectivity index is 2.84. The molecule has 0 unspecified atom stereocenters. The molecule has 6 nitrogen and oxygen atoms in total. The maximum atomic E-state index is 12.0. The molecular formula is C11H15BrN2O4S. The summed E-state index contributed by atoms with van der Waals surface area (Å²) >= 11 is 3.25. The van der Waals surface area contributed by atoms with Gasteiger partial charge in [0.1, 0.15) is 0 Å². The second-order valence-electron chi connectivity index (χ2n) is 4.06. The van der Waals surface area contributed by atoms with E-state index in [4.69, 9.17) is 5.11 Å². The Morgan fingerprint density at radius 1 is 1.47 bits per heavy atom. The van der Waals surface area contributed by atoms with Crippen LogP contribution in [0, 0.1) is 6.92 Å². The van der Waals surface area contributed by atoms with Gasteiger partial charge in [-0.05, 0) is 40.5 Å². The van der Waals surface area contributed by atoms with Crippen molar-refractivity contribution in [3.8, 4) is 0 Å². The molecule has 1 aromatic carbocycles. The summed E-state index contributed by atoms with van der Waals surface area (Å²) < 4.78 is 28.0. The van der Waals surface area contributed by atoms with Crippen LogP contribution in [0.4, 0.5) is 5.69 Å². The van der Waals surface area contributed by atoms with E-state index >= 15 is 0 Å². The topological polar surface area (TPSA) is 86.7 Å². The van der Waals surface area contributed by atoms with Gasteiger partial charge in [0.25, 0.3) is 0 Å². The van der Waals surface area contributed by atoms with Crippen molar-refractivity contribution in [1.82, 2.24) is 4.31 Å². The average Bonchev–Trinajstić information content (AvgIpc) is 2.30. The lowest BCUT2D eigenvalue weighted by molar-refractivity contribution is -0.137. The van der Waals surface area contributed by atoms with Crippen LogP contribution >= 0.6 is 15.9 Å². The van der Waals surface area contributed by atoms with E-state index in [-0.39, 0.29) is 13.0 Å². The highest BCUT2D eigenvalue weighted by Gasteiger charge is 2.19.